The van der Waals surface area contributed by atoms with Gasteiger partial charge in [0.25, 0.3) is 5.91 Å². The summed E-state index contributed by atoms with van der Waals surface area (Å²) in [5.41, 5.74) is 1.96. The smallest absolute Gasteiger partial charge is 0.255 e. The topological polar surface area (TPSA) is 62.8 Å². The molecule has 0 saturated carbocycles. The van der Waals surface area contributed by atoms with E-state index in [9.17, 15) is 4.79 Å². The average molecular weight is 482 g/mol. The molecule has 1 aliphatic rings. The van der Waals surface area contributed by atoms with Crippen LogP contribution in [0.15, 0.2) is 45.4 Å². The molecule has 0 fully saturated rings. The van der Waals surface area contributed by atoms with Crippen molar-refractivity contribution in [2.24, 2.45) is 0 Å². The highest BCUT2D eigenvalue weighted by molar-refractivity contribution is 9.10. The van der Waals surface area contributed by atoms with Crippen LogP contribution in [0.2, 0.25) is 0 Å². The summed E-state index contributed by atoms with van der Waals surface area (Å²) in [4.78, 5) is 16.1. The molecule has 148 valence electrons. The van der Waals surface area contributed by atoms with Crippen LogP contribution >= 0.6 is 39.5 Å². The van der Waals surface area contributed by atoms with E-state index in [0.29, 0.717) is 27.9 Å². The second-order valence-electron chi connectivity index (χ2n) is 6.13. The van der Waals surface area contributed by atoms with Crippen LogP contribution in [0.25, 0.3) is 0 Å². The number of anilines is 1. The van der Waals surface area contributed by atoms with Crippen LogP contribution in [0.4, 0.5) is 5.69 Å². The number of hydrogen-bond donors (Lipinski definition) is 2. The molecule has 3 rings (SSSR count). The predicted molar refractivity (Wildman–Crippen MR) is 119 cm³/mol. The molecule has 0 radical (unpaired) electrons. The number of amides is 1. The summed E-state index contributed by atoms with van der Waals surface area (Å²) in [6.07, 6.45) is 0. The number of thiophene rings is 1. The Kier molecular flexibility index (Phi) is 6.26. The van der Waals surface area contributed by atoms with Crippen molar-refractivity contribution in [1.29, 1.82) is 0 Å². The lowest BCUT2D eigenvalue weighted by molar-refractivity contribution is -0.113. The maximum Gasteiger partial charge on any atom is 0.255 e. The Balaban J connectivity index is 1.98. The van der Waals surface area contributed by atoms with Crippen LogP contribution < -0.4 is 20.1 Å². The van der Waals surface area contributed by atoms with Crippen molar-refractivity contribution in [2.45, 2.75) is 13.0 Å². The van der Waals surface area contributed by atoms with Gasteiger partial charge in [-0.25, -0.2) is 0 Å². The van der Waals surface area contributed by atoms with E-state index in [1.807, 2.05) is 25.4 Å². The number of nitrogens with one attached hydrogen (secondary N) is 2. The number of methoxy groups -OCH3 is 2. The second kappa shape index (κ2) is 8.50. The lowest BCUT2D eigenvalue weighted by Gasteiger charge is -2.35. The minimum Gasteiger partial charge on any atom is -0.497 e. The minimum atomic E-state index is -0.329. The molecule has 2 heterocycles. The highest BCUT2D eigenvalue weighted by atomic mass is 79.9. The molecule has 0 saturated heterocycles. The van der Waals surface area contributed by atoms with Gasteiger partial charge in [0.05, 0.1) is 31.5 Å². The number of carbonyl (C=O) groups excluding carboxylic acids is 1. The SMILES string of the molecule is COc1ccc(NC(=O)C2=C(C)N(C)C(=S)NC2c2cc(Br)cs2)c(OC)c1. The standard InChI is InChI=1S/C19H20BrN3O3S2/c1-10-16(17(22-19(27)23(10)2)15-7-11(20)9-28-15)18(24)21-13-6-5-12(25-3)8-14(13)26-4/h5-9,17H,1-4H3,(H,21,24)(H,22,27). The summed E-state index contributed by atoms with van der Waals surface area (Å²) in [5, 5.41) is 8.78. The van der Waals surface area contributed by atoms with Crippen molar-refractivity contribution >= 4 is 56.2 Å². The Morgan fingerprint density at radius 3 is 2.68 bits per heavy atom. The molecule has 2 N–H and O–H groups in total. The monoisotopic (exact) mass is 481 g/mol. The molecule has 1 aromatic carbocycles. The van der Waals surface area contributed by atoms with Crippen LogP contribution in [-0.2, 0) is 4.79 Å². The van der Waals surface area contributed by atoms with Crippen molar-refractivity contribution < 1.29 is 14.3 Å². The fourth-order valence-electron chi connectivity index (χ4n) is 2.91. The second-order valence-corrected chi connectivity index (χ2v) is 8.37. The van der Waals surface area contributed by atoms with Crippen LogP contribution in [-0.4, -0.2) is 37.2 Å². The molecule has 0 aliphatic carbocycles. The lowest BCUT2D eigenvalue weighted by Crippen LogP contribution is -2.46. The fraction of sp³-hybridized carbons (Fsp3) is 0.263. The summed E-state index contributed by atoms with van der Waals surface area (Å²) in [7, 11) is 4.97. The maximum atomic E-state index is 13.3. The quantitative estimate of drug-likeness (QED) is 0.620. The van der Waals surface area contributed by atoms with Crippen molar-refractivity contribution in [3.05, 3.63) is 50.3 Å². The van der Waals surface area contributed by atoms with Gasteiger partial charge < -0.3 is 25.0 Å². The van der Waals surface area contributed by atoms with Crippen LogP contribution in [0, 0.1) is 0 Å². The number of nitrogens with zero attached hydrogens (tertiary/aromatic N) is 1. The number of carbonyl (C=O) groups is 1. The first kappa shape index (κ1) is 20.6. The molecule has 1 atom stereocenters. The van der Waals surface area contributed by atoms with E-state index in [4.69, 9.17) is 21.7 Å². The highest BCUT2D eigenvalue weighted by Crippen LogP contribution is 2.36. The van der Waals surface area contributed by atoms with Crippen molar-refractivity contribution in [3.63, 3.8) is 0 Å². The van der Waals surface area contributed by atoms with Crippen molar-refractivity contribution in [2.75, 3.05) is 26.6 Å². The minimum absolute atomic E-state index is 0.225. The van der Waals surface area contributed by atoms with Gasteiger partial charge in [0.2, 0.25) is 0 Å². The fourth-order valence-corrected chi connectivity index (χ4v) is 4.67. The molecular weight excluding hydrogens is 462 g/mol. The van der Waals surface area contributed by atoms with Crippen molar-refractivity contribution in [3.8, 4) is 11.5 Å². The van der Waals surface area contributed by atoms with Crippen LogP contribution in [0.1, 0.15) is 17.8 Å². The molecule has 28 heavy (non-hydrogen) atoms. The molecule has 1 aliphatic heterocycles. The summed E-state index contributed by atoms with van der Waals surface area (Å²) in [6, 6.07) is 6.92. The van der Waals surface area contributed by atoms with E-state index < -0.39 is 0 Å². The molecular formula is C19H20BrN3O3S2. The zero-order chi connectivity index (χ0) is 20.4. The Bertz CT molecular complexity index is 958. The van der Waals surface area contributed by atoms with Gasteiger partial charge in [0, 0.05) is 33.5 Å². The molecule has 0 spiro atoms. The number of hydrogen-bond acceptors (Lipinski definition) is 5. The number of thiocarbonyl (C=S) groups is 1. The summed E-state index contributed by atoms with van der Waals surface area (Å²) in [6.45, 7) is 1.89. The van der Waals surface area contributed by atoms with Crippen molar-refractivity contribution in [1.82, 2.24) is 10.2 Å². The van der Waals surface area contributed by atoms with Crippen LogP contribution in [0.3, 0.4) is 0 Å². The Morgan fingerprint density at radius 2 is 2.07 bits per heavy atom. The Morgan fingerprint density at radius 1 is 1.32 bits per heavy atom. The van der Waals surface area contributed by atoms with Gasteiger partial charge >= 0.3 is 0 Å². The lowest BCUT2D eigenvalue weighted by atomic mass is 10.00. The zero-order valence-corrected chi connectivity index (χ0v) is 19.0. The zero-order valence-electron chi connectivity index (χ0n) is 15.8. The molecule has 9 heteroatoms. The highest BCUT2D eigenvalue weighted by Gasteiger charge is 2.33. The molecule has 6 nitrogen and oxygen atoms in total. The van der Waals surface area contributed by atoms with Gasteiger partial charge in [-0.05, 0) is 53.3 Å². The van der Waals surface area contributed by atoms with Gasteiger partial charge in [-0.1, -0.05) is 0 Å². The first-order valence-corrected chi connectivity index (χ1v) is 10.5. The molecule has 0 bridgehead atoms. The third-order valence-electron chi connectivity index (χ3n) is 4.53. The third-order valence-corrected chi connectivity index (χ3v) is 6.68. The number of benzene rings is 1. The first-order valence-electron chi connectivity index (χ1n) is 8.38. The molecule has 1 unspecified atom stereocenters. The van der Waals surface area contributed by atoms with Gasteiger partial charge in [0.1, 0.15) is 11.5 Å². The van der Waals surface area contributed by atoms with E-state index in [2.05, 4.69) is 26.6 Å². The number of halogens is 1. The average Bonchev–Trinajstić information content (AvgIpc) is 3.12. The molecule has 2 aromatic rings. The van der Waals surface area contributed by atoms with Gasteiger partial charge in [-0.2, -0.15) is 0 Å². The number of ether oxygens (including phenoxy) is 2. The number of rotatable bonds is 5. The van der Waals surface area contributed by atoms with E-state index >= 15 is 0 Å². The van der Waals surface area contributed by atoms with Gasteiger partial charge in [-0.15, -0.1) is 11.3 Å². The van der Waals surface area contributed by atoms with Gasteiger partial charge in [0.15, 0.2) is 5.11 Å². The predicted octanol–water partition coefficient (Wildman–Crippen LogP) is 4.30. The maximum absolute atomic E-state index is 13.3. The van der Waals surface area contributed by atoms with E-state index in [1.165, 1.54) is 0 Å². The van der Waals surface area contributed by atoms with Crippen LogP contribution in [0.5, 0.6) is 11.5 Å². The Hall–Kier alpha value is -2.10. The molecule has 1 aromatic heterocycles. The summed E-state index contributed by atoms with van der Waals surface area (Å²) in [5.74, 6) is 0.947. The van der Waals surface area contributed by atoms with E-state index in [-0.39, 0.29) is 11.9 Å². The van der Waals surface area contributed by atoms with E-state index in [1.54, 1.807) is 48.7 Å². The number of allylic oxidation sites excluding steroid dienone is 1. The van der Waals surface area contributed by atoms with Gasteiger partial charge in [-0.3, -0.25) is 4.79 Å². The largest absolute Gasteiger partial charge is 0.497 e. The first-order chi connectivity index (χ1) is 13.3. The Labute approximate surface area is 181 Å². The summed E-state index contributed by atoms with van der Waals surface area (Å²) >= 11 is 10.5. The molecule has 1 amide bonds. The third kappa shape index (κ3) is 4.01. The van der Waals surface area contributed by atoms with E-state index in [0.717, 1.165) is 15.0 Å². The normalized spacial score (nSPS) is 16.7. The summed E-state index contributed by atoms with van der Waals surface area (Å²) < 4.78 is 11.6.